The molecule has 1 aromatic rings. The van der Waals surface area contributed by atoms with Crippen molar-refractivity contribution in [1.29, 1.82) is 0 Å². The molecular formula is C15H24FN. The fourth-order valence-electron chi connectivity index (χ4n) is 2.01. The van der Waals surface area contributed by atoms with Crippen molar-refractivity contribution >= 4 is 0 Å². The highest BCUT2D eigenvalue weighted by Gasteiger charge is 2.13. The van der Waals surface area contributed by atoms with Crippen LogP contribution in [0.3, 0.4) is 0 Å². The van der Waals surface area contributed by atoms with Crippen molar-refractivity contribution in [3.05, 3.63) is 35.6 Å². The van der Waals surface area contributed by atoms with Gasteiger partial charge in [0, 0.05) is 6.04 Å². The van der Waals surface area contributed by atoms with Crippen LogP contribution in [-0.2, 0) is 6.42 Å². The van der Waals surface area contributed by atoms with Crippen LogP contribution in [0.5, 0.6) is 0 Å². The molecule has 0 saturated carbocycles. The average Bonchev–Trinajstić information content (AvgIpc) is 2.31. The predicted octanol–water partition coefficient (Wildman–Crippen LogP) is 3.78. The van der Waals surface area contributed by atoms with Crippen LogP contribution in [0.4, 0.5) is 4.39 Å². The number of nitrogens with one attached hydrogen (secondary N) is 1. The first-order chi connectivity index (χ1) is 8.15. The Labute approximate surface area is 104 Å². The predicted molar refractivity (Wildman–Crippen MR) is 71.6 cm³/mol. The first-order valence-electron chi connectivity index (χ1n) is 6.62. The van der Waals surface area contributed by atoms with Gasteiger partial charge >= 0.3 is 0 Å². The van der Waals surface area contributed by atoms with E-state index in [0.29, 0.717) is 12.0 Å². The van der Waals surface area contributed by atoms with E-state index in [4.69, 9.17) is 0 Å². The van der Waals surface area contributed by atoms with Gasteiger partial charge in [-0.25, -0.2) is 4.39 Å². The quantitative estimate of drug-likeness (QED) is 0.761. The number of hydrogen-bond acceptors (Lipinski definition) is 1. The van der Waals surface area contributed by atoms with E-state index in [2.05, 4.69) is 26.1 Å². The summed E-state index contributed by atoms with van der Waals surface area (Å²) >= 11 is 0. The summed E-state index contributed by atoms with van der Waals surface area (Å²) in [6.07, 6.45) is 2.95. The molecule has 0 aliphatic carbocycles. The maximum atomic E-state index is 13.5. The molecule has 1 N–H and O–H groups in total. The van der Waals surface area contributed by atoms with Gasteiger partial charge in [0.25, 0.3) is 0 Å². The lowest BCUT2D eigenvalue weighted by Gasteiger charge is -2.22. The van der Waals surface area contributed by atoms with E-state index in [0.717, 1.165) is 31.4 Å². The van der Waals surface area contributed by atoms with Crippen LogP contribution in [0.25, 0.3) is 0 Å². The van der Waals surface area contributed by atoms with Gasteiger partial charge in [0.15, 0.2) is 0 Å². The average molecular weight is 237 g/mol. The van der Waals surface area contributed by atoms with Crippen LogP contribution < -0.4 is 5.32 Å². The van der Waals surface area contributed by atoms with Crippen LogP contribution >= 0.6 is 0 Å². The van der Waals surface area contributed by atoms with Crippen LogP contribution in [0.1, 0.15) is 39.2 Å². The Kier molecular flexibility index (Phi) is 6.20. The zero-order valence-electron chi connectivity index (χ0n) is 11.2. The van der Waals surface area contributed by atoms with Crippen molar-refractivity contribution in [3.63, 3.8) is 0 Å². The van der Waals surface area contributed by atoms with Gasteiger partial charge < -0.3 is 5.32 Å². The summed E-state index contributed by atoms with van der Waals surface area (Å²) in [7, 11) is 0. The first-order valence-corrected chi connectivity index (χ1v) is 6.62. The largest absolute Gasteiger partial charge is 0.314 e. The summed E-state index contributed by atoms with van der Waals surface area (Å²) in [5.74, 6) is 0.513. The summed E-state index contributed by atoms with van der Waals surface area (Å²) in [5.41, 5.74) is 0.830. The number of benzene rings is 1. The van der Waals surface area contributed by atoms with Gasteiger partial charge in [0.05, 0.1) is 0 Å². The smallest absolute Gasteiger partial charge is 0.126 e. The molecular weight excluding hydrogens is 213 g/mol. The molecule has 0 amide bonds. The summed E-state index contributed by atoms with van der Waals surface area (Å²) in [4.78, 5) is 0. The molecule has 0 aliphatic heterocycles. The van der Waals surface area contributed by atoms with Crippen LogP contribution in [0.2, 0.25) is 0 Å². The second kappa shape index (κ2) is 7.44. The molecule has 0 radical (unpaired) electrons. The minimum Gasteiger partial charge on any atom is -0.314 e. The summed E-state index contributed by atoms with van der Waals surface area (Å²) in [5, 5.41) is 3.54. The highest BCUT2D eigenvalue weighted by Crippen LogP contribution is 2.13. The maximum absolute atomic E-state index is 13.5. The van der Waals surface area contributed by atoms with Gasteiger partial charge in [0.2, 0.25) is 0 Å². The van der Waals surface area contributed by atoms with Crippen LogP contribution in [0.15, 0.2) is 24.3 Å². The molecule has 0 aromatic heterocycles. The normalized spacial score (nSPS) is 13.0. The molecule has 1 rings (SSSR count). The second-order valence-electron chi connectivity index (χ2n) is 4.93. The van der Waals surface area contributed by atoms with E-state index < -0.39 is 0 Å². The van der Waals surface area contributed by atoms with Crippen molar-refractivity contribution in [3.8, 4) is 0 Å². The Balaban J connectivity index is 2.49. The van der Waals surface area contributed by atoms with Crippen LogP contribution in [0, 0.1) is 11.7 Å². The lowest BCUT2D eigenvalue weighted by atomic mass is 9.96. The molecule has 17 heavy (non-hydrogen) atoms. The van der Waals surface area contributed by atoms with E-state index in [1.165, 1.54) is 0 Å². The third-order valence-corrected chi connectivity index (χ3v) is 3.14. The molecule has 0 bridgehead atoms. The van der Waals surface area contributed by atoms with Crippen LogP contribution in [-0.4, -0.2) is 12.6 Å². The number of halogens is 1. The standard InChI is InChI=1S/C15H24FN/c1-4-11-17-15(12(2)3)10-9-13-7-5-6-8-14(13)16/h5-8,12,15,17H,4,9-11H2,1-3H3. The third-order valence-electron chi connectivity index (χ3n) is 3.14. The van der Waals surface area contributed by atoms with Crippen molar-refractivity contribution in [2.75, 3.05) is 6.54 Å². The monoisotopic (exact) mass is 237 g/mol. The Morgan fingerprint density at radius 3 is 2.53 bits per heavy atom. The number of aryl methyl sites for hydroxylation is 1. The summed E-state index contributed by atoms with van der Waals surface area (Å²) in [6, 6.07) is 7.55. The third kappa shape index (κ3) is 4.86. The van der Waals surface area contributed by atoms with Gasteiger partial charge in [-0.15, -0.1) is 0 Å². The molecule has 0 fully saturated rings. The SMILES string of the molecule is CCCNC(CCc1ccccc1F)C(C)C. The number of hydrogen-bond donors (Lipinski definition) is 1. The molecule has 2 heteroatoms. The van der Waals surface area contributed by atoms with E-state index >= 15 is 0 Å². The van der Waals surface area contributed by atoms with Gasteiger partial charge in [-0.3, -0.25) is 0 Å². The van der Waals surface area contributed by atoms with E-state index in [1.807, 2.05) is 12.1 Å². The zero-order valence-corrected chi connectivity index (χ0v) is 11.2. The van der Waals surface area contributed by atoms with Crippen molar-refractivity contribution < 1.29 is 4.39 Å². The van der Waals surface area contributed by atoms with Crippen molar-refractivity contribution in [2.45, 2.75) is 46.1 Å². The molecule has 1 nitrogen and oxygen atoms in total. The van der Waals surface area contributed by atoms with Gasteiger partial charge in [0.1, 0.15) is 5.82 Å². The van der Waals surface area contributed by atoms with Crippen molar-refractivity contribution in [1.82, 2.24) is 5.32 Å². The van der Waals surface area contributed by atoms with E-state index in [-0.39, 0.29) is 5.82 Å². The van der Waals surface area contributed by atoms with E-state index in [1.54, 1.807) is 12.1 Å². The van der Waals surface area contributed by atoms with Gasteiger partial charge in [-0.2, -0.15) is 0 Å². The fraction of sp³-hybridized carbons (Fsp3) is 0.600. The fourth-order valence-corrected chi connectivity index (χ4v) is 2.01. The molecule has 0 aliphatic rings. The lowest BCUT2D eigenvalue weighted by Crippen LogP contribution is -2.34. The highest BCUT2D eigenvalue weighted by atomic mass is 19.1. The first kappa shape index (κ1) is 14.2. The molecule has 0 saturated heterocycles. The minimum absolute atomic E-state index is 0.0782. The molecule has 1 unspecified atom stereocenters. The second-order valence-corrected chi connectivity index (χ2v) is 4.93. The minimum atomic E-state index is -0.0782. The molecule has 0 spiro atoms. The Hall–Kier alpha value is -0.890. The van der Waals surface area contributed by atoms with E-state index in [9.17, 15) is 4.39 Å². The lowest BCUT2D eigenvalue weighted by molar-refractivity contribution is 0.376. The summed E-state index contributed by atoms with van der Waals surface area (Å²) < 4.78 is 13.5. The zero-order chi connectivity index (χ0) is 12.7. The highest BCUT2D eigenvalue weighted by molar-refractivity contribution is 5.17. The summed E-state index contributed by atoms with van der Waals surface area (Å²) in [6.45, 7) is 7.64. The van der Waals surface area contributed by atoms with Crippen molar-refractivity contribution in [2.24, 2.45) is 5.92 Å². The molecule has 0 heterocycles. The molecule has 1 atom stereocenters. The molecule has 96 valence electrons. The van der Waals surface area contributed by atoms with Gasteiger partial charge in [-0.1, -0.05) is 39.0 Å². The Bertz CT molecular complexity index is 322. The van der Waals surface area contributed by atoms with Gasteiger partial charge in [-0.05, 0) is 43.4 Å². The molecule has 1 aromatic carbocycles. The number of rotatable bonds is 7. The maximum Gasteiger partial charge on any atom is 0.126 e. The topological polar surface area (TPSA) is 12.0 Å². The Morgan fingerprint density at radius 2 is 1.94 bits per heavy atom. The Morgan fingerprint density at radius 1 is 1.24 bits per heavy atom.